The predicted molar refractivity (Wildman–Crippen MR) is 82.8 cm³/mol. The lowest BCUT2D eigenvalue weighted by atomic mass is 10.1. The van der Waals surface area contributed by atoms with Crippen LogP contribution in [0.1, 0.15) is 25.1 Å². The van der Waals surface area contributed by atoms with Gasteiger partial charge in [0.05, 0.1) is 30.4 Å². The number of nitrogens with zero attached hydrogens (tertiary/aromatic N) is 2. The highest BCUT2D eigenvalue weighted by atomic mass is 16.3. The van der Waals surface area contributed by atoms with Gasteiger partial charge >= 0.3 is 0 Å². The van der Waals surface area contributed by atoms with Gasteiger partial charge in [0.25, 0.3) is 0 Å². The molecule has 0 bridgehead atoms. The molecule has 2 heterocycles. The monoisotopic (exact) mass is 279 g/mol. The molecule has 0 amide bonds. The number of aromatic nitrogens is 2. The van der Waals surface area contributed by atoms with Crippen LogP contribution in [0, 0.1) is 0 Å². The van der Waals surface area contributed by atoms with E-state index >= 15 is 0 Å². The fourth-order valence-corrected chi connectivity index (χ4v) is 2.20. The first-order valence-corrected chi connectivity index (χ1v) is 7.04. The number of hydrogen-bond acceptors (Lipinski definition) is 4. The van der Waals surface area contributed by atoms with Crippen LogP contribution in [0.4, 0.5) is 5.69 Å². The fraction of sp³-hybridized carbons (Fsp3) is 0.176. The van der Waals surface area contributed by atoms with Gasteiger partial charge in [0, 0.05) is 5.56 Å². The molecule has 4 nitrogen and oxygen atoms in total. The molecule has 0 radical (unpaired) electrons. The minimum Gasteiger partial charge on any atom is -0.467 e. The Kier molecular flexibility index (Phi) is 3.96. The van der Waals surface area contributed by atoms with Crippen molar-refractivity contribution in [3.63, 3.8) is 0 Å². The standard InChI is InChI=1S/C17H17N3O/c1-2-15(16-9-6-10-21-16)20-14-11-18-17(19-12-14)13-7-4-3-5-8-13/h3-12,15,20H,2H2,1H3. The van der Waals surface area contributed by atoms with Gasteiger partial charge in [0.2, 0.25) is 0 Å². The minimum atomic E-state index is 0.131. The van der Waals surface area contributed by atoms with Crippen molar-refractivity contribution in [3.8, 4) is 11.4 Å². The summed E-state index contributed by atoms with van der Waals surface area (Å²) in [6.45, 7) is 2.11. The Morgan fingerprint density at radius 1 is 1.05 bits per heavy atom. The first-order valence-electron chi connectivity index (χ1n) is 7.04. The van der Waals surface area contributed by atoms with Gasteiger partial charge in [-0.2, -0.15) is 0 Å². The van der Waals surface area contributed by atoms with Crippen molar-refractivity contribution in [2.75, 3.05) is 5.32 Å². The van der Waals surface area contributed by atoms with Gasteiger partial charge in [-0.3, -0.25) is 0 Å². The van der Waals surface area contributed by atoms with Gasteiger partial charge in [0.1, 0.15) is 5.76 Å². The fourth-order valence-electron chi connectivity index (χ4n) is 2.20. The molecule has 0 fully saturated rings. The van der Waals surface area contributed by atoms with Gasteiger partial charge in [-0.05, 0) is 18.6 Å². The van der Waals surface area contributed by atoms with Crippen LogP contribution in [0.2, 0.25) is 0 Å². The zero-order chi connectivity index (χ0) is 14.5. The first-order chi connectivity index (χ1) is 10.4. The van der Waals surface area contributed by atoms with Crippen LogP contribution in [0.15, 0.2) is 65.5 Å². The molecule has 106 valence electrons. The molecule has 0 aliphatic carbocycles. The van der Waals surface area contributed by atoms with Crippen molar-refractivity contribution >= 4 is 5.69 Å². The van der Waals surface area contributed by atoms with Crippen molar-refractivity contribution in [2.45, 2.75) is 19.4 Å². The van der Waals surface area contributed by atoms with E-state index < -0.39 is 0 Å². The van der Waals surface area contributed by atoms with Crippen molar-refractivity contribution in [1.29, 1.82) is 0 Å². The number of furan rings is 1. The maximum absolute atomic E-state index is 5.45. The van der Waals surface area contributed by atoms with E-state index in [1.165, 1.54) is 0 Å². The number of anilines is 1. The van der Waals surface area contributed by atoms with E-state index in [1.807, 2.05) is 42.5 Å². The molecule has 1 unspecified atom stereocenters. The average molecular weight is 279 g/mol. The summed E-state index contributed by atoms with van der Waals surface area (Å²) in [5, 5.41) is 3.39. The molecular formula is C17H17N3O. The molecule has 1 aromatic carbocycles. The maximum atomic E-state index is 5.45. The Balaban J connectivity index is 1.75. The molecule has 0 spiro atoms. The molecule has 0 aliphatic rings. The quantitative estimate of drug-likeness (QED) is 0.756. The van der Waals surface area contributed by atoms with Crippen LogP contribution in [-0.2, 0) is 0 Å². The number of nitrogens with one attached hydrogen (secondary N) is 1. The first kappa shape index (κ1) is 13.4. The minimum absolute atomic E-state index is 0.131. The van der Waals surface area contributed by atoms with Gasteiger partial charge in [0.15, 0.2) is 5.82 Å². The Bertz CT molecular complexity index is 663. The third-order valence-corrected chi connectivity index (χ3v) is 3.32. The second-order valence-electron chi connectivity index (χ2n) is 4.78. The summed E-state index contributed by atoms with van der Waals surface area (Å²) < 4.78 is 5.45. The predicted octanol–water partition coefficient (Wildman–Crippen LogP) is 4.30. The SMILES string of the molecule is CCC(Nc1cnc(-c2ccccc2)nc1)c1ccco1. The van der Waals surface area contributed by atoms with Crippen molar-refractivity contribution < 1.29 is 4.42 Å². The highest BCUT2D eigenvalue weighted by Gasteiger charge is 2.12. The van der Waals surface area contributed by atoms with Gasteiger partial charge in [-0.15, -0.1) is 0 Å². The van der Waals surface area contributed by atoms with E-state index in [1.54, 1.807) is 18.7 Å². The maximum Gasteiger partial charge on any atom is 0.159 e. The summed E-state index contributed by atoms with van der Waals surface area (Å²) in [7, 11) is 0. The summed E-state index contributed by atoms with van der Waals surface area (Å²) in [5.41, 5.74) is 1.90. The molecule has 3 aromatic rings. The topological polar surface area (TPSA) is 51.0 Å². The third-order valence-electron chi connectivity index (χ3n) is 3.32. The van der Waals surface area contributed by atoms with Gasteiger partial charge in [-0.25, -0.2) is 9.97 Å². The van der Waals surface area contributed by atoms with Crippen molar-refractivity contribution in [3.05, 3.63) is 66.9 Å². The Labute approximate surface area is 123 Å². The second-order valence-corrected chi connectivity index (χ2v) is 4.78. The normalized spacial score (nSPS) is 12.0. The van der Waals surface area contributed by atoms with Crippen LogP contribution < -0.4 is 5.32 Å². The molecule has 21 heavy (non-hydrogen) atoms. The Morgan fingerprint density at radius 3 is 2.43 bits per heavy atom. The lowest BCUT2D eigenvalue weighted by molar-refractivity contribution is 0.474. The second kappa shape index (κ2) is 6.22. The van der Waals surface area contributed by atoms with E-state index in [4.69, 9.17) is 4.42 Å². The molecule has 0 saturated heterocycles. The van der Waals surface area contributed by atoms with Crippen molar-refractivity contribution in [2.24, 2.45) is 0 Å². The van der Waals surface area contributed by atoms with Gasteiger partial charge < -0.3 is 9.73 Å². The van der Waals surface area contributed by atoms with Crippen LogP contribution in [0.5, 0.6) is 0 Å². The summed E-state index contributed by atoms with van der Waals surface area (Å²) in [6.07, 6.45) is 6.23. The summed E-state index contributed by atoms with van der Waals surface area (Å²) in [4.78, 5) is 8.83. The molecule has 0 aliphatic heterocycles. The summed E-state index contributed by atoms with van der Waals surface area (Å²) >= 11 is 0. The summed E-state index contributed by atoms with van der Waals surface area (Å²) in [6, 6.07) is 13.9. The number of hydrogen-bond donors (Lipinski definition) is 1. The van der Waals surface area contributed by atoms with E-state index in [0.29, 0.717) is 0 Å². The highest BCUT2D eigenvalue weighted by Crippen LogP contribution is 2.23. The van der Waals surface area contributed by atoms with E-state index in [0.717, 1.165) is 29.3 Å². The van der Waals surface area contributed by atoms with E-state index in [9.17, 15) is 0 Å². The molecule has 2 aromatic heterocycles. The zero-order valence-electron chi connectivity index (χ0n) is 11.9. The molecule has 1 atom stereocenters. The molecule has 1 N–H and O–H groups in total. The molecule has 4 heteroatoms. The highest BCUT2D eigenvalue weighted by molar-refractivity contribution is 5.55. The number of rotatable bonds is 5. The average Bonchev–Trinajstić information content (AvgIpc) is 3.08. The van der Waals surface area contributed by atoms with E-state index in [2.05, 4.69) is 22.2 Å². The lowest BCUT2D eigenvalue weighted by Gasteiger charge is -2.15. The van der Waals surface area contributed by atoms with E-state index in [-0.39, 0.29) is 6.04 Å². The molecule has 3 rings (SSSR count). The lowest BCUT2D eigenvalue weighted by Crippen LogP contribution is -2.09. The van der Waals surface area contributed by atoms with Crippen LogP contribution in [0.3, 0.4) is 0 Å². The zero-order valence-corrected chi connectivity index (χ0v) is 11.9. The van der Waals surface area contributed by atoms with Crippen LogP contribution >= 0.6 is 0 Å². The molecule has 0 saturated carbocycles. The van der Waals surface area contributed by atoms with Gasteiger partial charge in [-0.1, -0.05) is 37.3 Å². The Morgan fingerprint density at radius 2 is 1.81 bits per heavy atom. The smallest absolute Gasteiger partial charge is 0.159 e. The van der Waals surface area contributed by atoms with Crippen LogP contribution in [0.25, 0.3) is 11.4 Å². The number of benzene rings is 1. The molecular weight excluding hydrogens is 262 g/mol. The summed E-state index contributed by atoms with van der Waals surface area (Å²) in [5.74, 6) is 1.65. The van der Waals surface area contributed by atoms with Crippen LogP contribution in [-0.4, -0.2) is 9.97 Å². The van der Waals surface area contributed by atoms with Crippen molar-refractivity contribution in [1.82, 2.24) is 9.97 Å². The largest absolute Gasteiger partial charge is 0.467 e. The third kappa shape index (κ3) is 3.11. The Hall–Kier alpha value is -2.62.